The Bertz CT molecular complexity index is 1020. The van der Waals surface area contributed by atoms with Crippen molar-refractivity contribution >= 4 is 23.7 Å². The average molecular weight is 451 g/mol. The summed E-state index contributed by atoms with van der Waals surface area (Å²) in [4.78, 5) is 12.4. The third-order valence-electron chi connectivity index (χ3n) is 4.73. The highest BCUT2D eigenvalue weighted by Gasteiger charge is 2.06. The van der Waals surface area contributed by atoms with Crippen molar-refractivity contribution in [2.24, 2.45) is 5.10 Å². The second-order valence-electron chi connectivity index (χ2n) is 7.23. The number of nitrogens with zero attached hydrogens (tertiary/aromatic N) is 1. The van der Waals surface area contributed by atoms with Crippen molar-refractivity contribution in [1.82, 2.24) is 5.43 Å². The van der Waals surface area contributed by atoms with Gasteiger partial charge < -0.3 is 9.47 Å². The molecule has 0 bridgehead atoms. The van der Waals surface area contributed by atoms with Crippen molar-refractivity contribution in [2.45, 2.75) is 32.8 Å². The Balaban J connectivity index is 1.50. The lowest BCUT2D eigenvalue weighted by molar-refractivity contribution is 0.0955. The molecule has 0 saturated heterocycles. The third kappa shape index (κ3) is 7.43. The van der Waals surface area contributed by atoms with E-state index in [0.29, 0.717) is 29.5 Å². The Morgan fingerprint density at radius 1 is 0.969 bits per heavy atom. The summed E-state index contributed by atoms with van der Waals surface area (Å²) >= 11 is 5.89. The zero-order valence-electron chi connectivity index (χ0n) is 18.1. The number of hydrogen-bond acceptors (Lipinski definition) is 4. The van der Waals surface area contributed by atoms with Gasteiger partial charge in [0, 0.05) is 16.1 Å². The van der Waals surface area contributed by atoms with E-state index in [1.165, 1.54) is 0 Å². The molecule has 3 rings (SSSR count). The molecule has 1 N–H and O–H groups in total. The smallest absolute Gasteiger partial charge is 0.271 e. The molecule has 0 spiro atoms. The van der Waals surface area contributed by atoms with Crippen LogP contribution < -0.4 is 14.9 Å². The Hall–Kier alpha value is -3.31. The number of benzene rings is 3. The first-order chi connectivity index (χ1) is 15.7. The number of hydrazone groups is 1. The van der Waals surface area contributed by atoms with E-state index in [-0.39, 0.29) is 5.91 Å². The maximum Gasteiger partial charge on any atom is 0.271 e. The molecule has 0 atom stereocenters. The van der Waals surface area contributed by atoms with Gasteiger partial charge in [0.25, 0.3) is 5.91 Å². The monoisotopic (exact) mass is 450 g/mol. The van der Waals surface area contributed by atoms with Gasteiger partial charge in [-0.3, -0.25) is 4.79 Å². The first-order valence-corrected chi connectivity index (χ1v) is 11.1. The second-order valence-corrected chi connectivity index (χ2v) is 7.67. The van der Waals surface area contributed by atoms with E-state index in [0.717, 1.165) is 36.1 Å². The molecule has 1 amide bonds. The van der Waals surface area contributed by atoms with Gasteiger partial charge >= 0.3 is 0 Å². The minimum absolute atomic E-state index is 0.299. The Morgan fingerprint density at radius 2 is 1.72 bits per heavy atom. The quantitative estimate of drug-likeness (QED) is 0.213. The van der Waals surface area contributed by atoms with Gasteiger partial charge in [-0.2, -0.15) is 5.10 Å². The van der Waals surface area contributed by atoms with E-state index >= 15 is 0 Å². The third-order valence-corrected chi connectivity index (χ3v) is 4.98. The van der Waals surface area contributed by atoms with Crippen LogP contribution in [0.3, 0.4) is 0 Å². The minimum Gasteiger partial charge on any atom is -0.493 e. The van der Waals surface area contributed by atoms with Crippen molar-refractivity contribution in [3.8, 4) is 11.5 Å². The van der Waals surface area contributed by atoms with E-state index < -0.39 is 0 Å². The highest BCUT2D eigenvalue weighted by Crippen LogP contribution is 2.17. The summed E-state index contributed by atoms with van der Waals surface area (Å²) < 4.78 is 11.6. The maximum absolute atomic E-state index is 12.4. The van der Waals surface area contributed by atoms with Crippen LogP contribution in [0.25, 0.3) is 0 Å². The summed E-state index contributed by atoms with van der Waals surface area (Å²) in [5, 5.41) is 4.77. The van der Waals surface area contributed by atoms with Crippen LogP contribution in [0.4, 0.5) is 0 Å². The molecule has 166 valence electrons. The van der Waals surface area contributed by atoms with E-state index in [4.69, 9.17) is 21.1 Å². The predicted molar refractivity (Wildman–Crippen MR) is 129 cm³/mol. The van der Waals surface area contributed by atoms with Crippen molar-refractivity contribution in [3.05, 3.63) is 94.5 Å². The molecule has 0 aliphatic carbocycles. The van der Waals surface area contributed by atoms with E-state index in [1.807, 2.05) is 48.5 Å². The first-order valence-electron chi connectivity index (χ1n) is 10.7. The molecule has 0 unspecified atom stereocenters. The van der Waals surface area contributed by atoms with E-state index in [2.05, 4.69) is 17.5 Å². The van der Waals surface area contributed by atoms with Crippen molar-refractivity contribution < 1.29 is 14.3 Å². The van der Waals surface area contributed by atoms with Gasteiger partial charge in [-0.1, -0.05) is 55.6 Å². The van der Waals surface area contributed by atoms with Crippen LogP contribution in [-0.4, -0.2) is 18.7 Å². The molecule has 3 aromatic rings. The molecule has 32 heavy (non-hydrogen) atoms. The molecular weight excluding hydrogens is 424 g/mol. The topological polar surface area (TPSA) is 59.9 Å². The zero-order valence-corrected chi connectivity index (χ0v) is 18.8. The summed E-state index contributed by atoms with van der Waals surface area (Å²) in [6.45, 7) is 3.25. The van der Waals surface area contributed by atoms with Gasteiger partial charge in [-0.15, -0.1) is 0 Å². The summed E-state index contributed by atoms with van der Waals surface area (Å²) in [5.41, 5.74) is 4.88. The number of carbonyl (C=O) groups is 1. The number of carbonyl (C=O) groups excluding carboxylic acids is 1. The summed E-state index contributed by atoms with van der Waals surface area (Å²) in [6, 6.07) is 22.0. The standard InChI is InChI=1S/C26H27ClN2O3/c1-2-3-6-17-31-25-8-5-4-7-22(25)18-28-29-26(30)21-11-15-24(16-12-21)32-19-20-9-13-23(27)14-10-20/h4-5,7-16,18H,2-3,6,17,19H2,1H3,(H,29,30)/b28-18+. The van der Waals surface area contributed by atoms with Crippen LogP contribution >= 0.6 is 11.6 Å². The molecule has 0 aliphatic heterocycles. The normalized spacial score (nSPS) is 10.8. The van der Waals surface area contributed by atoms with Crippen LogP contribution in [0, 0.1) is 0 Å². The predicted octanol–water partition coefficient (Wildman–Crippen LogP) is 6.25. The summed E-state index contributed by atoms with van der Waals surface area (Å²) in [6.07, 6.45) is 4.89. The molecule has 6 heteroatoms. The van der Waals surface area contributed by atoms with Crippen LogP contribution in [-0.2, 0) is 6.61 Å². The van der Waals surface area contributed by atoms with Crippen LogP contribution in [0.5, 0.6) is 11.5 Å². The van der Waals surface area contributed by atoms with E-state index in [9.17, 15) is 4.79 Å². The molecule has 0 aromatic heterocycles. The number of hydrogen-bond donors (Lipinski definition) is 1. The number of rotatable bonds is 11. The number of para-hydroxylation sites is 1. The van der Waals surface area contributed by atoms with Gasteiger partial charge in [-0.25, -0.2) is 5.43 Å². The van der Waals surface area contributed by atoms with Gasteiger partial charge in [-0.05, 0) is 60.5 Å². The molecule has 3 aromatic carbocycles. The fraction of sp³-hybridized carbons (Fsp3) is 0.231. The van der Waals surface area contributed by atoms with Crippen molar-refractivity contribution in [2.75, 3.05) is 6.61 Å². The second kappa shape index (κ2) is 12.5. The molecule has 0 fully saturated rings. The number of ether oxygens (including phenoxy) is 2. The summed E-state index contributed by atoms with van der Waals surface area (Å²) in [5.74, 6) is 1.13. The zero-order chi connectivity index (χ0) is 22.6. The Labute approximate surface area is 194 Å². The van der Waals surface area contributed by atoms with Crippen LogP contribution in [0.2, 0.25) is 5.02 Å². The molecule has 5 nitrogen and oxygen atoms in total. The number of unbranched alkanes of at least 4 members (excludes halogenated alkanes) is 2. The lowest BCUT2D eigenvalue weighted by atomic mass is 10.2. The van der Waals surface area contributed by atoms with Crippen molar-refractivity contribution in [1.29, 1.82) is 0 Å². The summed E-state index contributed by atoms with van der Waals surface area (Å²) in [7, 11) is 0. The van der Waals surface area contributed by atoms with Gasteiger partial charge in [0.15, 0.2) is 0 Å². The minimum atomic E-state index is -0.299. The fourth-order valence-corrected chi connectivity index (χ4v) is 3.05. The molecule has 0 heterocycles. The SMILES string of the molecule is CCCCCOc1ccccc1/C=N/NC(=O)c1ccc(OCc2ccc(Cl)cc2)cc1. The number of halogens is 1. The average Bonchev–Trinajstić information content (AvgIpc) is 2.82. The van der Waals surface area contributed by atoms with Crippen LogP contribution in [0.15, 0.2) is 77.9 Å². The molecule has 0 saturated carbocycles. The molecule has 0 aliphatic rings. The van der Waals surface area contributed by atoms with Gasteiger partial charge in [0.05, 0.1) is 12.8 Å². The van der Waals surface area contributed by atoms with Crippen LogP contribution in [0.1, 0.15) is 47.7 Å². The first kappa shape index (κ1) is 23.4. The largest absolute Gasteiger partial charge is 0.493 e. The van der Waals surface area contributed by atoms with Crippen molar-refractivity contribution in [3.63, 3.8) is 0 Å². The lowest BCUT2D eigenvalue weighted by Gasteiger charge is -2.08. The number of nitrogens with one attached hydrogen (secondary N) is 1. The lowest BCUT2D eigenvalue weighted by Crippen LogP contribution is -2.17. The Morgan fingerprint density at radius 3 is 2.47 bits per heavy atom. The molecular formula is C26H27ClN2O3. The fourth-order valence-electron chi connectivity index (χ4n) is 2.93. The van der Waals surface area contributed by atoms with Gasteiger partial charge in [0.1, 0.15) is 18.1 Å². The maximum atomic E-state index is 12.4. The van der Waals surface area contributed by atoms with E-state index in [1.54, 1.807) is 30.5 Å². The number of amides is 1. The Kier molecular flexibility index (Phi) is 9.14. The highest BCUT2D eigenvalue weighted by molar-refractivity contribution is 6.30. The highest BCUT2D eigenvalue weighted by atomic mass is 35.5. The molecule has 0 radical (unpaired) electrons. The van der Waals surface area contributed by atoms with Gasteiger partial charge in [0.2, 0.25) is 0 Å².